The highest BCUT2D eigenvalue weighted by atomic mass is 16.5. The van der Waals surface area contributed by atoms with E-state index in [2.05, 4.69) is 61.6 Å². The topological polar surface area (TPSA) is 9.23 Å². The maximum atomic E-state index is 5.78. The summed E-state index contributed by atoms with van der Waals surface area (Å²) in [5.74, 6) is 1.25. The Balaban J connectivity index is 3.06. The lowest BCUT2D eigenvalue weighted by Gasteiger charge is -2.21. The van der Waals surface area contributed by atoms with E-state index in [0.29, 0.717) is 0 Å². The zero-order valence-electron chi connectivity index (χ0n) is 10.7. The van der Waals surface area contributed by atoms with Crippen molar-refractivity contribution in [1.82, 2.24) is 0 Å². The minimum Gasteiger partial charge on any atom is -0.508 e. The lowest BCUT2D eigenvalue weighted by molar-refractivity contribution is 0.349. The molecule has 0 aliphatic heterocycles. The molecule has 0 saturated heterocycles. The van der Waals surface area contributed by atoms with Gasteiger partial charge in [0.15, 0.2) is 0 Å². The fourth-order valence-electron chi connectivity index (χ4n) is 1.45. The molecule has 0 aromatic heterocycles. The van der Waals surface area contributed by atoms with Crippen LogP contribution in [0.3, 0.4) is 0 Å². The first-order valence-electron chi connectivity index (χ1n) is 5.58. The van der Waals surface area contributed by atoms with Crippen LogP contribution in [0.25, 0.3) is 0 Å². The molecule has 0 radical (unpaired) electrons. The molecule has 0 bridgehead atoms. The summed E-state index contributed by atoms with van der Waals surface area (Å²) in [7, 11) is 4.12. The molecule has 0 spiro atoms. The second-order valence-corrected chi connectivity index (χ2v) is 5.40. The summed E-state index contributed by atoms with van der Waals surface area (Å²) in [5.41, 5.74) is 2.71. The maximum Gasteiger partial charge on any atom is 0.142 e. The Morgan fingerprint density at radius 2 is 1.80 bits per heavy atom. The molecule has 3 heteroatoms. The molecule has 1 rings (SSSR count). The third-order valence-corrected chi connectivity index (χ3v) is 2.42. The van der Waals surface area contributed by atoms with Gasteiger partial charge < -0.3 is 4.74 Å². The molecule has 1 aromatic carbocycles. The second-order valence-electron chi connectivity index (χ2n) is 5.40. The third kappa shape index (κ3) is 3.33. The summed E-state index contributed by atoms with van der Waals surface area (Å²) in [5, 5.41) is 0. The highest BCUT2D eigenvalue weighted by Crippen LogP contribution is 2.28. The van der Waals surface area contributed by atoms with Gasteiger partial charge in [0.2, 0.25) is 0 Å². The fraction of sp³-hybridized carbons (Fsp3) is 0.500. The van der Waals surface area contributed by atoms with Gasteiger partial charge in [-0.15, -0.1) is 0 Å². The van der Waals surface area contributed by atoms with Crippen LogP contribution in [0.1, 0.15) is 31.9 Å². The molecule has 0 aliphatic carbocycles. The molecule has 0 N–H and O–H groups in total. The first kappa shape index (κ1) is 12.2. The van der Waals surface area contributed by atoms with Crippen LogP contribution < -0.4 is 4.74 Å². The highest BCUT2D eigenvalue weighted by molar-refractivity contribution is 6.34. The molecule has 0 atom stereocenters. The molecule has 1 nitrogen and oxygen atoms in total. The standard InChI is InChI=1S/C12H20B2O/c1-8-5-6-9(12(2,3)4)7-10(8)15-11(13)14/h5-7,11H,13-14H2,1-4H3. The van der Waals surface area contributed by atoms with Gasteiger partial charge in [-0.05, 0) is 29.5 Å². The Kier molecular flexibility index (Phi) is 3.54. The van der Waals surface area contributed by atoms with Crippen molar-refractivity contribution in [2.75, 3.05) is 0 Å². The van der Waals surface area contributed by atoms with Gasteiger partial charge >= 0.3 is 0 Å². The smallest absolute Gasteiger partial charge is 0.142 e. The number of rotatable bonds is 2. The molecule has 0 fully saturated rings. The minimum absolute atomic E-state index is 0.183. The van der Waals surface area contributed by atoms with E-state index in [-0.39, 0.29) is 11.3 Å². The van der Waals surface area contributed by atoms with E-state index in [4.69, 9.17) is 4.74 Å². The third-order valence-electron chi connectivity index (χ3n) is 2.42. The molecular formula is C12H20B2O. The summed E-state index contributed by atoms with van der Waals surface area (Å²) in [4.78, 5) is 0. The van der Waals surface area contributed by atoms with Crippen molar-refractivity contribution in [3.8, 4) is 5.75 Å². The molecule has 80 valence electrons. The van der Waals surface area contributed by atoms with Crippen molar-refractivity contribution in [2.45, 2.75) is 39.0 Å². The number of aryl methyl sites for hydroxylation is 1. The van der Waals surface area contributed by atoms with Crippen molar-refractivity contribution >= 4 is 15.7 Å². The average molecular weight is 202 g/mol. The van der Waals surface area contributed by atoms with Gasteiger partial charge in [-0.2, -0.15) is 0 Å². The van der Waals surface area contributed by atoms with Gasteiger partial charge in [0, 0.05) is 5.90 Å². The summed E-state index contributed by atoms with van der Waals surface area (Å²) in [6.07, 6.45) is 0. The van der Waals surface area contributed by atoms with Crippen molar-refractivity contribution < 1.29 is 4.74 Å². The number of ether oxygens (including phenoxy) is 1. The molecule has 0 amide bonds. The molecule has 0 aliphatic rings. The Bertz CT molecular complexity index is 340. The van der Waals surface area contributed by atoms with Gasteiger partial charge in [0.1, 0.15) is 21.4 Å². The predicted molar refractivity (Wildman–Crippen MR) is 71.4 cm³/mol. The van der Waals surface area contributed by atoms with E-state index >= 15 is 0 Å². The van der Waals surface area contributed by atoms with Crippen LogP contribution >= 0.6 is 0 Å². The summed E-state index contributed by atoms with van der Waals surface area (Å²) in [6.45, 7) is 8.74. The second kappa shape index (κ2) is 4.34. The van der Waals surface area contributed by atoms with Crippen LogP contribution in [0.4, 0.5) is 0 Å². The van der Waals surface area contributed by atoms with Gasteiger partial charge in [0.05, 0.1) is 0 Å². The molecule has 15 heavy (non-hydrogen) atoms. The van der Waals surface area contributed by atoms with Crippen molar-refractivity contribution in [2.24, 2.45) is 0 Å². The first-order chi connectivity index (χ1) is 6.80. The van der Waals surface area contributed by atoms with Crippen molar-refractivity contribution in [3.63, 3.8) is 0 Å². The molecular weight excluding hydrogens is 182 g/mol. The van der Waals surface area contributed by atoms with E-state index in [9.17, 15) is 0 Å². The largest absolute Gasteiger partial charge is 0.508 e. The van der Waals surface area contributed by atoms with Crippen LogP contribution in [0.2, 0.25) is 0 Å². The molecule has 0 unspecified atom stereocenters. The van der Waals surface area contributed by atoms with E-state index in [1.54, 1.807) is 0 Å². The number of hydrogen-bond acceptors (Lipinski definition) is 1. The monoisotopic (exact) mass is 202 g/mol. The lowest BCUT2D eigenvalue weighted by Crippen LogP contribution is -2.17. The maximum absolute atomic E-state index is 5.78. The molecule has 0 saturated carbocycles. The van der Waals surface area contributed by atoms with Crippen LogP contribution in [0.5, 0.6) is 5.75 Å². The van der Waals surface area contributed by atoms with Crippen molar-refractivity contribution in [1.29, 1.82) is 0 Å². The van der Waals surface area contributed by atoms with Gasteiger partial charge in [-0.3, -0.25) is 0 Å². The van der Waals surface area contributed by atoms with Gasteiger partial charge in [-0.1, -0.05) is 32.9 Å². The van der Waals surface area contributed by atoms with Crippen LogP contribution in [-0.4, -0.2) is 21.6 Å². The van der Waals surface area contributed by atoms with Crippen molar-refractivity contribution in [3.05, 3.63) is 29.3 Å². The Morgan fingerprint density at radius 1 is 1.20 bits per heavy atom. The Morgan fingerprint density at radius 3 is 2.27 bits per heavy atom. The van der Waals surface area contributed by atoms with Gasteiger partial charge in [-0.25, -0.2) is 0 Å². The Labute approximate surface area is 95.0 Å². The summed E-state index contributed by atoms with van der Waals surface area (Å²) in [6, 6.07) is 6.48. The normalized spacial score (nSPS) is 11.8. The molecule has 0 heterocycles. The van der Waals surface area contributed by atoms with E-state index in [1.165, 1.54) is 11.1 Å². The fourth-order valence-corrected chi connectivity index (χ4v) is 1.45. The van der Waals surface area contributed by atoms with E-state index in [0.717, 1.165) is 5.75 Å². The number of benzene rings is 1. The first-order valence-corrected chi connectivity index (χ1v) is 5.58. The van der Waals surface area contributed by atoms with E-state index in [1.807, 2.05) is 0 Å². The highest BCUT2D eigenvalue weighted by Gasteiger charge is 2.15. The molecule has 1 aromatic rings. The van der Waals surface area contributed by atoms with Crippen LogP contribution in [0, 0.1) is 6.92 Å². The lowest BCUT2D eigenvalue weighted by atomic mass is 9.81. The summed E-state index contributed by atoms with van der Waals surface area (Å²) >= 11 is 0. The predicted octanol–water partition coefficient (Wildman–Crippen LogP) is 1.22. The average Bonchev–Trinajstić information content (AvgIpc) is 2.06. The SMILES string of the molecule is BC(B)Oc1cc(C(C)(C)C)ccc1C. The Hall–Kier alpha value is -0.850. The van der Waals surface area contributed by atoms with E-state index < -0.39 is 0 Å². The van der Waals surface area contributed by atoms with Crippen LogP contribution in [0.15, 0.2) is 18.2 Å². The quantitative estimate of drug-likeness (QED) is 0.655. The zero-order chi connectivity index (χ0) is 11.6. The van der Waals surface area contributed by atoms with Gasteiger partial charge in [0.25, 0.3) is 0 Å². The minimum atomic E-state index is 0.183. The number of hydrogen-bond donors (Lipinski definition) is 0. The summed E-state index contributed by atoms with van der Waals surface area (Å²) < 4.78 is 5.78. The van der Waals surface area contributed by atoms with Crippen LogP contribution in [-0.2, 0) is 5.41 Å². The zero-order valence-corrected chi connectivity index (χ0v) is 10.7.